The molecule has 0 aliphatic rings. The van der Waals surface area contributed by atoms with Crippen molar-refractivity contribution < 1.29 is 4.79 Å². The highest BCUT2D eigenvalue weighted by molar-refractivity contribution is 7.80. The van der Waals surface area contributed by atoms with Crippen LogP contribution in [-0.4, -0.2) is 35.6 Å². The Morgan fingerprint density at radius 2 is 2.22 bits per heavy atom. The predicted molar refractivity (Wildman–Crippen MR) is 80.1 cm³/mol. The van der Waals surface area contributed by atoms with Gasteiger partial charge in [0.25, 0.3) is 5.91 Å². The van der Waals surface area contributed by atoms with E-state index in [1.165, 1.54) is 6.08 Å². The number of thiocarbonyl (C=S) groups is 1. The second-order valence-corrected chi connectivity index (χ2v) is 3.87. The summed E-state index contributed by atoms with van der Waals surface area (Å²) in [6.07, 6.45) is 6.79. The number of allylic oxidation sites excluding steroid dienone is 3. The van der Waals surface area contributed by atoms with E-state index in [4.69, 9.17) is 18.0 Å². The van der Waals surface area contributed by atoms with Crippen LogP contribution in [0.25, 0.3) is 0 Å². The van der Waals surface area contributed by atoms with E-state index in [1.807, 2.05) is 24.8 Å². The maximum atomic E-state index is 11.9. The van der Waals surface area contributed by atoms with Crippen LogP contribution >= 0.6 is 12.2 Å². The molecule has 4 nitrogen and oxygen atoms in total. The molecule has 0 aliphatic carbocycles. The molecule has 5 heteroatoms. The molecule has 100 valence electrons. The van der Waals surface area contributed by atoms with E-state index in [9.17, 15) is 4.79 Å². The van der Waals surface area contributed by atoms with E-state index < -0.39 is 0 Å². The van der Waals surface area contributed by atoms with Gasteiger partial charge in [0.2, 0.25) is 0 Å². The number of hydrogen-bond donors (Lipinski definition) is 2. The average molecular weight is 267 g/mol. The molecule has 0 atom stereocenters. The van der Waals surface area contributed by atoms with Crippen LogP contribution in [-0.2, 0) is 4.79 Å². The largest absolute Gasteiger partial charge is 0.348 e. The third-order valence-corrected chi connectivity index (χ3v) is 2.60. The zero-order chi connectivity index (χ0) is 14.0. The van der Waals surface area contributed by atoms with Gasteiger partial charge < -0.3 is 10.6 Å². The molecule has 0 aromatic heterocycles. The van der Waals surface area contributed by atoms with Gasteiger partial charge in [0.15, 0.2) is 5.11 Å². The molecule has 0 aliphatic heterocycles. The SMILES string of the molecule is C=C/C(=C\C=C/C)C(=O)NC(=S)N(CC)CCN. The Bertz CT molecular complexity index is 361. The van der Waals surface area contributed by atoms with Crippen LogP contribution in [0.3, 0.4) is 0 Å². The minimum Gasteiger partial charge on any atom is -0.348 e. The van der Waals surface area contributed by atoms with Gasteiger partial charge >= 0.3 is 0 Å². The first-order valence-electron chi connectivity index (χ1n) is 5.86. The Kier molecular flexibility index (Phi) is 8.78. The van der Waals surface area contributed by atoms with Crippen molar-refractivity contribution in [2.75, 3.05) is 19.6 Å². The van der Waals surface area contributed by atoms with Gasteiger partial charge in [0.1, 0.15) is 0 Å². The van der Waals surface area contributed by atoms with Crippen molar-refractivity contribution >= 4 is 23.2 Å². The molecule has 0 bridgehead atoms. The van der Waals surface area contributed by atoms with Crippen LogP contribution in [0, 0.1) is 0 Å². The summed E-state index contributed by atoms with van der Waals surface area (Å²) < 4.78 is 0. The van der Waals surface area contributed by atoms with E-state index in [0.717, 1.165) is 0 Å². The molecule has 0 fully saturated rings. The van der Waals surface area contributed by atoms with Crippen LogP contribution < -0.4 is 11.1 Å². The van der Waals surface area contributed by atoms with E-state index >= 15 is 0 Å². The van der Waals surface area contributed by atoms with Gasteiger partial charge in [-0.1, -0.05) is 24.8 Å². The van der Waals surface area contributed by atoms with Crippen molar-refractivity contribution in [3.05, 3.63) is 36.5 Å². The quantitative estimate of drug-likeness (QED) is 0.433. The number of rotatable bonds is 6. The summed E-state index contributed by atoms with van der Waals surface area (Å²) in [7, 11) is 0. The molecular formula is C13H21N3OS. The summed E-state index contributed by atoms with van der Waals surface area (Å²) in [5.41, 5.74) is 5.95. The fraction of sp³-hybridized carbons (Fsp3) is 0.385. The van der Waals surface area contributed by atoms with Gasteiger partial charge in [-0.3, -0.25) is 10.1 Å². The second kappa shape index (κ2) is 9.56. The number of carbonyl (C=O) groups is 1. The number of carbonyl (C=O) groups excluding carboxylic acids is 1. The van der Waals surface area contributed by atoms with Gasteiger partial charge in [-0.25, -0.2) is 0 Å². The van der Waals surface area contributed by atoms with Crippen LogP contribution in [0.4, 0.5) is 0 Å². The summed E-state index contributed by atoms with van der Waals surface area (Å²) in [6, 6.07) is 0. The van der Waals surface area contributed by atoms with E-state index in [1.54, 1.807) is 12.2 Å². The lowest BCUT2D eigenvalue weighted by molar-refractivity contribution is -0.115. The number of nitrogens with zero attached hydrogens (tertiary/aromatic N) is 1. The van der Waals surface area contributed by atoms with Crippen LogP contribution in [0.2, 0.25) is 0 Å². The molecule has 0 saturated heterocycles. The first-order valence-corrected chi connectivity index (χ1v) is 6.27. The Balaban J connectivity index is 4.63. The summed E-state index contributed by atoms with van der Waals surface area (Å²) in [5, 5.41) is 3.06. The molecule has 0 heterocycles. The zero-order valence-electron chi connectivity index (χ0n) is 11.0. The molecule has 18 heavy (non-hydrogen) atoms. The molecule has 0 radical (unpaired) electrons. The predicted octanol–water partition coefficient (Wildman–Crippen LogP) is 1.36. The highest BCUT2D eigenvalue weighted by Crippen LogP contribution is 1.98. The lowest BCUT2D eigenvalue weighted by Gasteiger charge is -2.22. The van der Waals surface area contributed by atoms with Gasteiger partial charge in [-0.2, -0.15) is 0 Å². The molecule has 0 spiro atoms. The van der Waals surface area contributed by atoms with Crippen molar-refractivity contribution in [2.45, 2.75) is 13.8 Å². The molecule has 3 N–H and O–H groups in total. The smallest absolute Gasteiger partial charge is 0.257 e. The monoisotopic (exact) mass is 267 g/mol. The Morgan fingerprint density at radius 1 is 1.56 bits per heavy atom. The van der Waals surface area contributed by atoms with Crippen molar-refractivity contribution in [1.82, 2.24) is 10.2 Å². The van der Waals surface area contributed by atoms with Crippen molar-refractivity contribution in [2.24, 2.45) is 5.73 Å². The van der Waals surface area contributed by atoms with E-state index in [2.05, 4.69) is 11.9 Å². The fourth-order valence-corrected chi connectivity index (χ4v) is 1.56. The maximum absolute atomic E-state index is 11.9. The van der Waals surface area contributed by atoms with Crippen molar-refractivity contribution in [3.63, 3.8) is 0 Å². The fourth-order valence-electron chi connectivity index (χ4n) is 1.24. The first-order chi connectivity index (χ1) is 8.60. The van der Waals surface area contributed by atoms with Crippen LogP contribution in [0.15, 0.2) is 36.5 Å². The van der Waals surface area contributed by atoms with Crippen molar-refractivity contribution in [3.8, 4) is 0 Å². The minimum atomic E-state index is -0.261. The number of nitrogens with two attached hydrogens (primary N) is 1. The third-order valence-electron chi connectivity index (χ3n) is 2.24. The Morgan fingerprint density at radius 3 is 2.67 bits per heavy atom. The maximum Gasteiger partial charge on any atom is 0.257 e. The van der Waals surface area contributed by atoms with Gasteiger partial charge in [-0.05, 0) is 32.1 Å². The highest BCUT2D eigenvalue weighted by Gasteiger charge is 2.11. The lowest BCUT2D eigenvalue weighted by Crippen LogP contribution is -2.44. The number of hydrogen-bond acceptors (Lipinski definition) is 3. The normalized spacial score (nSPS) is 11.4. The zero-order valence-corrected chi connectivity index (χ0v) is 11.8. The molecule has 0 rings (SSSR count). The van der Waals surface area contributed by atoms with E-state index in [-0.39, 0.29) is 5.91 Å². The topological polar surface area (TPSA) is 58.4 Å². The molecule has 0 unspecified atom stereocenters. The third kappa shape index (κ3) is 5.75. The molecule has 0 saturated carbocycles. The first kappa shape index (κ1) is 16.5. The molecular weight excluding hydrogens is 246 g/mol. The van der Waals surface area contributed by atoms with Crippen LogP contribution in [0.1, 0.15) is 13.8 Å². The van der Waals surface area contributed by atoms with E-state index in [0.29, 0.717) is 30.3 Å². The second-order valence-electron chi connectivity index (χ2n) is 3.48. The lowest BCUT2D eigenvalue weighted by atomic mass is 10.2. The molecule has 0 aromatic rings. The molecule has 1 amide bonds. The average Bonchev–Trinajstić information content (AvgIpc) is 2.36. The van der Waals surface area contributed by atoms with Crippen LogP contribution in [0.5, 0.6) is 0 Å². The minimum absolute atomic E-state index is 0.261. The Hall–Kier alpha value is -1.46. The number of nitrogens with one attached hydrogen (secondary N) is 1. The Labute approximate surface area is 114 Å². The van der Waals surface area contributed by atoms with Gasteiger partial charge in [-0.15, -0.1) is 0 Å². The summed E-state index contributed by atoms with van der Waals surface area (Å²) >= 11 is 5.15. The van der Waals surface area contributed by atoms with Gasteiger partial charge in [0.05, 0.1) is 0 Å². The molecule has 0 aromatic carbocycles. The highest BCUT2D eigenvalue weighted by atomic mass is 32.1. The van der Waals surface area contributed by atoms with Gasteiger partial charge in [0, 0.05) is 25.2 Å². The summed E-state index contributed by atoms with van der Waals surface area (Å²) in [5.74, 6) is -0.261. The number of likely N-dealkylation sites (N-methyl/N-ethyl adjacent to an activating group) is 1. The summed E-state index contributed by atoms with van der Waals surface area (Å²) in [6.45, 7) is 9.26. The summed E-state index contributed by atoms with van der Waals surface area (Å²) in [4.78, 5) is 13.7. The van der Waals surface area contributed by atoms with Crippen molar-refractivity contribution in [1.29, 1.82) is 0 Å². The standard InChI is InChI=1S/C13H21N3OS/c1-4-7-8-11(5-2)12(17)15-13(18)16(6-3)10-9-14/h4-5,7-8H,2,6,9-10,14H2,1,3H3,(H,15,17,18)/b7-4-,11-8+. The number of amides is 1.